The largest absolute Gasteiger partial charge is 0.366 e. The van der Waals surface area contributed by atoms with Gasteiger partial charge in [0.2, 0.25) is 5.43 Å². The number of aromatic amines is 1. The third-order valence-corrected chi connectivity index (χ3v) is 4.08. The SMILES string of the molecule is Cc1ccnc(Cl)c1NS(=O)(=O)c1c[nH]ccc1=O. The summed E-state index contributed by atoms with van der Waals surface area (Å²) in [5.74, 6) is 0. The lowest BCUT2D eigenvalue weighted by Crippen LogP contribution is -2.21. The molecule has 0 unspecified atom stereocenters. The van der Waals surface area contributed by atoms with E-state index >= 15 is 0 Å². The smallest absolute Gasteiger partial charge is 0.267 e. The molecule has 0 aliphatic carbocycles. The second-order valence-electron chi connectivity index (χ2n) is 3.77. The summed E-state index contributed by atoms with van der Waals surface area (Å²) in [6, 6.07) is 2.74. The Labute approximate surface area is 114 Å². The van der Waals surface area contributed by atoms with Gasteiger partial charge in [-0.15, -0.1) is 0 Å². The van der Waals surface area contributed by atoms with Gasteiger partial charge in [-0.3, -0.25) is 9.52 Å². The minimum Gasteiger partial charge on any atom is -0.366 e. The van der Waals surface area contributed by atoms with Gasteiger partial charge in [0.05, 0.1) is 5.69 Å². The topological polar surface area (TPSA) is 91.9 Å². The average molecular weight is 300 g/mol. The van der Waals surface area contributed by atoms with Crippen LogP contribution in [0.5, 0.6) is 0 Å². The highest BCUT2D eigenvalue weighted by Gasteiger charge is 2.20. The molecular formula is C11H10ClN3O3S. The van der Waals surface area contributed by atoms with E-state index in [4.69, 9.17) is 11.6 Å². The lowest BCUT2D eigenvalue weighted by atomic mass is 10.3. The Hall–Kier alpha value is -1.86. The van der Waals surface area contributed by atoms with E-state index in [1.165, 1.54) is 12.4 Å². The van der Waals surface area contributed by atoms with Crippen molar-refractivity contribution in [3.8, 4) is 0 Å². The zero-order valence-corrected chi connectivity index (χ0v) is 11.4. The van der Waals surface area contributed by atoms with Gasteiger partial charge < -0.3 is 4.98 Å². The molecule has 0 aromatic carbocycles. The predicted octanol–water partition coefficient (Wildman–Crippen LogP) is 1.53. The Balaban J connectivity index is 2.49. The van der Waals surface area contributed by atoms with Gasteiger partial charge in [-0.05, 0) is 18.6 Å². The normalized spacial score (nSPS) is 11.3. The molecule has 0 radical (unpaired) electrons. The summed E-state index contributed by atoms with van der Waals surface area (Å²) < 4.78 is 26.5. The summed E-state index contributed by atoms with van der Waals surface area (Å²) in [6.07, 6.45) is 3.93. The number of sulfonamides is 1. The van der Waals surface area contributed by atoms with Crippen molar-refractivity contribution in [2.45, 2.75) is 11.8 Å². The Bertz CT molecular complexity index is 751. The summed E-state index contributed by atoms with van der Waals surface area (Å²) in [5, 5.41) is 0.0240. The standard InChI is InChI=1S/C11H10ClN3O3S/c1-7-2-5-14-11(12)10(7)15-19(17,18)9-6-13-4-3-8(9)16/h2-6,15H,1H3,(H,13,16). The number of hydrogen-bond donors (Lipinski definition) is 2. The van der Waals surface area contributed by atoms with E-state index in [-0.39, 0.29) is 15.7 Å². The first-order chi connectivity index (χ1) is 8.92. The molecular weight excluding hydrogens is 290 g/mol. The molecule has 0 amide bonds. The molecule has 2 aromatic heterocycles. The maximum atomic E-state index is 12.1. The lowest BCUT2D eigenvalue weighted by Gasteiger charge is -2.10. The van der Waals surface area contributed by atoms with Gasteiger partial charge in [-0.25, -0.2) is 13.4 Å². The molecule has 100 valence electrons. The second-order valence-corrected chi connectivity index (χ2v) is 5.78. The summed E-state index contributed by atoms with van der Waals surface area (Å²) in [6.45, 7) is 1.68. The molecule has 0 atom stereocenters. The Kier molecular flexibility index (Phi) is 3.59. The van der Waals surface area contributed by atoms with Crippen molar-refractivity contribution in [2.24, 2.45) is 0 Å². The highest BCUT2D eigenvalue weighted by atomic mass is 35.5. The zero-order chi connectivity index (χ0) is 14.0. The van der Waals surface area contributed by atoms with Crippen LogP contribution in [0.4, 0.5) is 5.69 Å². The van der Waals surface area contributed by atoms with Gasteiger partial charge in [0.15, 0.2) is 10.0 Å². The van der Waals surface area contributed by atoms with Crippen LogP contribution in [0.2, 0.25) is 5.15 Å². The van der Waals surface area contributed by atoms with Crippen LogP contribution >= 0.6 is 11.6 Å². The molecule has 0 saturated heterocycles. The Morgan fingerprint density at radius 1 is 1.37 bits per heavy atom. The maximum absolute atomic E-state index is 12.1. The molecule has 0 aliphatic rings. The van der Waals surface area contributed by atoms with Gasteiger partial charge in [0, 0.05) is 24.7 Å². The summed E-state index contributed by atoms with van der Waals surface area (Å²) in [7, 11) is -4.01. The van der Waals surface area contributed by atoms with E-state index in [1.54, 1.807) is 13.0 Å². The van der Waals surface area contributed by atoms with Gasteiger partial charge in [-0.2, -0.15) is 0 Å². The van der Waals surface area contributed by atoms with Crippen LogP contribution in [0.3, 0.4) is 0 Å². The molecule has 2 heterocycles. The fourth-order valence-corrected chi connectivity index (χ4v) is 2.95. The minimum absolute atomic E-state index is 0.0240. The quantitative estimate of drug-likeness (QED) is 0.841. The van der Waals surface area contributed by atoms with E-state index in [0.29, 0.717) is 5.56 Å². The number of aromatic nitrogens is 2. The summed E-state index contributed by atoms with van der Waals surface area (Å²) in [4.78, 5) is 17.5. The number of rotatable bonds is 3. The number of nitrogens with zero attached hydrogens (tertiary/aromatic N) is 1. The molecule has 8 heteroatoms. The van der Waals surface area contributed by atoms with Crippen molar-refractivity contribution in [1.29, 1.82) is 0 Å². The van der Waals surface area contributed by atoms with Crippen LogP contribution in [0.1, 0.15) is 5.56 Å². The van der Waals surface area contributed by atoms with E-state index in [9.17, 15) is 13.2 Å². The van der Waals surface area contributed by atoms with Crippen molar-refractivity contribution in [3.63, 3.8) is 0 Å². The first-order valence-electron chi connectivity index (χ1n) is 5.23. The second kappa shape index (κ2) is 5.02. The molecule has 0 bridgehead atoms. The first kappa shape index (κ1) is 13.6. The van der Waals surface area contributed by atoms with E-state index in [2.05, 4.69) is 14.7 Å². The zero-order valence-electron chi connectivity index (χ0n) is 9.84. The van der Waals surface area contributed by atoms with E-state index in [1.807, 2.05) is 0 Å². The van der Waals surface area contributed by atoms with Crippen LogP contribution in [0, 0.1) is 6.92 Å². The molecule has 6 nitrogen and oxygen atoms in total. The number of nitrogens with one attached hydrogen (secondary N) is 2. The van der Waals surface area contributed by atoms with Crippen LogP contribution in [0.25, 0.3) is 0 Å². The molecule has 0 fully saturated rings. The van der Waals surface area contributed by atoms with Crippen molar-refractivity contribution >= 4 is 27.3 Å². The fourth-order valence-electron chi connectivity index (χ4n) is 1.45. The Morgan fingerprint density at radius 2 is 2.11 bits per heavy atom. The van der Waals surface area contributed by atoms with Crippen LogP contribution in [-0.2, 0) is 10.0 Å². The van der Waals surface area contributed by atoms with Crippen molar-refractivity contribution in [2.75, 3.05) is 4.72 Å². The Morgan fingerprint density at radius 3 is 2.74 bits per heavy atom. The van der Waals surface area contributed by atoms with Gasteiger partial charge in [-0.1, -0.05) is 11.6 Å². The molecule has 0 spiro atoms. The predicted molar refractivity (Wildman–Crippen MR) is 71.9 cm³/mol. The number of halogens is 1. The first-order valence-corrected chi connectivity index (χ1v) is 7.09. The lowest BCUT2D eigenvalue weighted by molar-refractivity contribution is 0.600. The highest BCUT2D eigenvalue weighted by Crippen LogP contribution is 2.24. The number of hydrogen-bond acceptors (Lipinski definition) is 4. The molecule has 0 saturated carbocycles. The van der Waals surface area contributed by atoms with Crippen LogP contribution in [0.15, 0.2) is 40.4 Å². The average Bonchev–Trinajstić information content (AvgIpc) is 2.34. The van der Waals surface area contributed by atoms with Crippen molar-refractivity contribution in [3.05, 3.63) is 51.7 Å². The molecule has 2 N–H and O–H groups in total. The molecule has 2 aromatic rings. The van der Waals surface area contributed by atoms with Crippen molar-refractivity contribution in [1.82, 2.24) is 9.97 Å². The molecule has 0 aliphatic heterocycles. The monoisotopic (exact) mass is 299 g/mol. The van der Waals surface area contributed by atoms with Crippen LogP contribution in [-0.4, -0.2) is 18.4 Å². The maximum Gasteiger partial charge on any atom is 0.267 e. The van der Waals surface area contributed by atoms with Crippen molar-refractivity contribution < 1.29 is 8.42 Å². The number of pyridine rings is 2. The summed E-state index contributed by atoms with van der Waals surface area (Å²) >= 11 is 5.84. The molecule has 19 heavy (non-hydrogen) atoms. The summed E-state index contributed by atoms with van der Waals surface area (Å²) in [5.41, 5.74) is 0.160. The minimum atomic E-state index is -4.01. The van der Waals surface area contributed by atoms with E-state index in [0.717, 1.165) is 12.3 Å². The number of anilines is 1. The fraction of sp³-hybridized carbons (Fsp3) is 0.0909. The highest BCUT2D eigenvalue weighted by molar-refractivity contribution is 7.92. The third-order valence-electron chi connectivity index (χ3n) is 2.43. The number of aryl methyl sites for hydroxylation is 1. The van der Waals surface area contributed by atoms with Crippen LogP contribution < -0.4 is 10.2 Å². The van der Waals surface area contributed by atoms with Gasteiger partial charge in [0.25, 0.3) is 10.0 Å². The van der Waals surface area contributed by atoms with E-state index < -0.39 is 15.5 Å². The third kappa shape index (κ3) is 2.77. The van der Waals surface area contributed by atoms with Gasteiger partial charge >= 0.3 is 0 Å². The number of H-pyrrole nitrogens is 1. The van der Waals surface area contributed by atoms with Gasteiger partial charge in [0.1, 0.15) is 0 Å². The molecule has 2 rings (SSSR count).